The molecule has 23 heavy (non-hydrogen) atoms. The number of pyridine rings is 1. The zero-order valence-corrected chi connectivity index (χ0v) is 14.5. The number of ether oxygens (including phenoxy) is 1. The maximum Gasteiger partial charge on any atom is 0.226 e. The highest BCUT2D eigenvalue weighted by Gasteiger charge is 2.21. The summed E-state index contributed by atoms with van der Waals surface area (Å²) in [6.07, 6.45) is 4.79. The van der Waals surface area contributed by atoms with Crippen LogP contribution in [-0.2, 0) is 12.8 Å². The summed E-state index contributed by atoms with van der Waals surface area (Å²) in [5.41, 5.74) is 2.99. The van der Waals surface area contributed by atoms with Crippen LogP contribution in [0.1, 0.15) is 17.7 Å². The number of benzene rings is 1. The standard InChI is InChI=1S/C18H14IN3O/c19-12-5-3-6-13(11-12)23-18-14-7-4-9-15(14)21-17(22-18)16-8-1-2-10-20-16/h1-3,5-6,8,10-11H,4,7,9H2. The summed E-state index contributed by atoms with van der Waals surface area (Å²) in [5, 5.41) is 0. The number of aromatic nitrogens is 3. The maximum atomic E-state index is 6.08. The van der Waals surface area contributed by atoms with E-state index in [1.54, 1.807) is 6.20 Å². The molecular weight excluding hydrogens is 401 g/mol. The molecule has 0 saturated carbocycles. The third-order valence-electron chi connectivity index (χ3n) is 3.80. The summed E-state index contributed by atoms with van der Waals surface area (Å²) in [6.45, 7) is 0. The van der Waals surface area contributed by atoms with Gasteiger partial charge < -0.3 is 4.74 Å². The van der Waals surface area contributed by atoms with E-state index in [9.17, 15) is 0 Å². The number of hydrogen-bond donors (Lipinski definition) is 0. The highest BCUT2D eigenvalue weighted by molar-refractivity contribution is 14.1. The van der Waals surface area contributed by atoms with Gasteiger partial charge in [-0.3, -0.25) is 4.98 Å². The third kappa shape index (κ3) is 3.06. The van der Waals surface area contributed by atoms with Crippen LogP contribution in [0.25, 0.3) is 11.5 Å². The van der Waals surface area contributed by atoms with E-state index in [-0.39, 0.29) is 0 Å². The molecule has 2 heterocycles. The Morgan fingerprint density at radius 2 is 1.96 bits per heavy atom. The predicted molar refractivity (Wildman–Crippen MR) is 96.5 cm³/mol. The largest absolute Gasteiger partial charge is 0.439 e. The van der Waals surface area contributed by atoms with E-state index in [1.807, 2.05) is 42.5 Å². The van der Waals surface area contributed by atoms with Crippen molar-refractivity contribution in [3.05, 3.63) is 63.5 Å². The molecule has 1 aliphatic carbocycles. The molecule has 0 saturated heterocycles. The van der Waals surface area contributed by atoms with Crippen molar-refractivity contribution in [3.8, 4) is 23.1 Å². The second-order valence-corrected chi connectivity index (χ2v) is 6.65. The number of halogens is 1. The summed E-state index contributed by atoms with van der Waals surface area (Å²) >= 11 is 2.28. The van der Waals surface area contributed by atoms with Crippen molar-refractivity contribution in [2.45, 2.75) is 19.3 Å². The van der Waals surface area contributed by atoms with Gasteiger partial charge in [-0.1, -0.05) is 12.1 Å². The normalized spacial score (nSPS) is 12.9. The van der Waals surface area contributed by atoms with Gasteiger partial charge in [-0.25, -0.2) is 4.98 Å². The molecule has 0 spiro atoms. The quantitative estimate of drug-likeness (QED) is 0.595. The van der Waals surface area contributed by atoms with E-state index >= 15 is 0 Å². The van der Waals surface area contributed by atoms with Crippen LogP contribution in [0.3, 0.4) is 0 Å². The molecule has 0 radical (unpaired) electrons. The second-order valence-electron chi connectivity index (χ2n) is 5.41. The summed E-state index contributed by atoms with van der Waals surface area (Å²) in [7, 11) is 0. The SMILES string of the molecule is Ic1cccc(Oc2nc(-c3ccccn3)nc3c2CCC3)c1. The van der Waals surface area contributed by atoms with Gasteiger partial charge in [-0.15, -0.1) is 0 Å². The van der Waals surface area contributed by atoms with E-state index in [2.05, 4.69) is 37.5 Å². The first-order chi connectivity index (χ1) is 11.3. The first-order valence-corrected chi connectivity index (χ1v) is 8.62. The number of nitrogens with zero attached hydrogens (tertiary/aromatic N) is 3. The average Bonchev–Trinajstić information content (AvgIpc) is 3.04. The van der Waals surface area contributed by atoms with Crippen LogP contribution in [0.2, 0.25) is 0 Å². The lowest BCUT2D eigenvalue weighted by molar-refractivity contribution is 0.456. The predicted octanol–water partition coefficient (Wildman–Crippen LogP) is 4.42. The van der Waals surface area contributed by atoms with Crippen molar-refractivity contribution in [2.24, 2.45) is 0 Å². The van der Waals surface area contributed by atoms with Crippen LogP contribution in [0.5, 0.6) is 11.6 Å². The highest BCUT2D eigenvalue weighted by atomic mass is 127. The molecule has 2 aromatic heterocycles. The Bertz CT molecular complexity index is 852. The van der Waals surface area contributed by atoms with Crippen LogP contribution in [-0.4, -0.2) is 15.0 Å². The maximum absolute atomic E-state index is 6.08. The van der Waals surface area contributed by atoms with Crippen molar-refractivity contribution in [1.29, 1.82) is 0 Å². The minimum atomic E-state index is 0.631. The van der Waals surface area contributed by atoms with Gasteiger partial charge in [0.1, 0.15) is 11.4 Å². The van der Waals surface area contributed by atoms with Gasteiger partial charge in [0.25, 0.3) is 0 Å². The molecule has 4 nitrogen and oxygen atoms in total. The molecule has 0 N–H and O–H groups in total. The molecule has 0 atom stereocenters. The van der Waals surface area contributed by atoms with Gasteiger partial charge >= 0.3 is 0 Å². The average molecular weight is 415 g/mol. The lowest BCUT2D eigenvalue weighted by atomic mass is 10.2. The van der Waals surface area contributed by atoms with Crippen LogP contribution in [0.15, 0.2) is 48.7 Å². The number of rotatable bonds is 3. The van der Waals surface area contributed by atoms with Gasteiger partial charge in [-0.05, 0) is 72.2 Å². The van der Waals surface area contributed by atoms with E-state index in [4.69, 9.17) is 4.74 Å². The van der Waals surface area contributed by atoms with Crippen LogP contribution < -0.4 is 4.74 Å². The van der Waals surface area contributed by atoms with Crippen molar-refractivity contribution in [1.82, 2.24) is 15.0 Å². The molecule has 5 heteroatoms. The van der Waals surface area contributed by atoms with Crippen molar-refractivity contribution in [3.63, 3.8) is 0 Å². The van der Waals surface area contributed by atoms with E-state index in [1.165, 1.54) is 0 Å². The Morgan fingerprint density at radius 3 is 2.78 bits per heavy atom. The van der Waals surface area contributed by atoms with Gasteiger partial charge in [0, 0.05) is 15.3 Å². The molecule has 0 amide bonds. The second kappa shape index (κ2) is 6.23. The van der Waals surface area contributed by atoms with Crippen molar-refractivity contribution < 1.29 is 4.74 Å². The summed E-state index contributed by atoms with van der Waals surface area (Å²) in [6, 6.07) is 13.7. The zero-order chi connectivity index (χ0) is 15.6. The molecule has 4 rings (SSSR count). The zero-order valence-electron chi connectivity index (χ0n) is 12.4. The molecular formula is C18H14IN3O. The van der Waals surface area contributed by atoms with Crippen LogP contribution in [0, 0.1) is 3.57 Å². The first-order valence-electron chi connectivity index (χ1n) is 7.54. The fourth-order valence-electron chi connectivity index (χ4n) is 2.73. The number of aryl methyl sites for hydroxylation is 1. The van der Waals surface area contributed by atoms with Gasteiger partial charge in [0.2, 0.25) is 5.88 Å². The molecule has 0 unspecified atom stereocenters. The minimum Gasteiger partial charge on any atom is -0.439 e. The first kappa shape index (κ1) is 14.6. The van der Waals surface area contributed by atoms with E-state index in [0.29, 0.717) is 11.7 Å². The topological polar surface area (TPSA) is 47.9 Å². The van der Waals surface area contributed by atoms with E-state index < -0.39 is 0 Å². The third-order valence-corrected chi connectivity index (χ3v) is 4.47. The minimum absolute atomic E-state index is 0.631. The molecule has 1 aromatic carbocycles. The Hall–Kier alpha value is -2.02. The molecule has 3 aromatic rings. The Morgan fingerprint density at radius 1 is 1.00 bits per heavy atom. The van der Waals surface area contributed by atoms with Crippen molar-refractivity contribution >= 4 is 22.6 Å². The highest BCUT2D eigenvalue weighted by Crippen LogP contribution is 2.33. The Kier molecular flexibility index (Phi) is 3.95. The fourth-order valence-corrected chi connectivity index (χ4v) is 3.25. The summed E-state index contributed by atoms with van der Waals surface area (Å²) in [4.78, 5) is 13.7. The number of hydrogen-bond acceptors (Lipinski definition) is 4. The number of fused-ring (bicyclic) bond motifs is 1. The molecule has 0 fully saturated rings. The molecule has 0 bridgehead atoms. The Balaban J connectivity index is 1.78. The van der Waals surface area contributed by atoms with Crippen LogP contribution in [0.4, 0.5) is 0 Å². The fraction of sp³-hybridized carbons (Fsp3) is 0.167. The van der Waals surface area contributed by atoms with E-state index in [0.717, 1.165) is 45.5 Å². The monoisotopic (exact) mass is 415 g/mol. The molecule has 0 aliphatic heterocycles. The Labute approximate surface area is 148 Å². The summed E-state index contributed by atoms with van der Waals surface area (Å²) < 4.78 is 7.22. The lowest BCUT2D eigenvalue weighted by Crippen LogP contribution is -2.01. The smallest absolute Gasteiger partial charge is 0.226 e. The van der Waals surface area contributed by atoms with Gasteiger partial charge in [0.15, 0.2) is 5.82 Å². The lowest BCUT2D eigenvalue weighted by Gasteiger charge is -2.11. The van der Waals surface area contributed by atoms with Gasteiger partial charge in [0.05, 0.1) is 5.69 Å². The van der Waals surface area contributed by atoms with Crippen LogP contribution >= 0.6 is 22.6 Å². The summed E-state index contributed by atoms with van der Waals surface area (Å²) in [5.74, 6) is 2.10. The molecule has 1 aliphatic rings. The van der Waals surface area contributed by atoms with Crippen molar-refractivity contribution in [2.75, 3.05) is 0 Å². The van der Waals surface area contributed by atoms with Gasteiger partial charge in [-0.2, -0.15) is 4.98 Å². The molecule has 114 valence electrons.